The zero-order valence-electron chi connectivity index (χ0n) is 16.3. The number of aryl methyl sites for hydroxylation is 1. The first kappa shape index (κ1) is 21.8. The lowest BCUT2D eigenvalue weighted by molar-refractivity contribution is -0.126. The molecule has 2 atom stereocenters. The fraction of sp³-hybridized carbons (Fsp3) is 0.333. The Labute approximate surface area is 166 Å². The lowest BCUT2D eigenvalue weighted by Crippen LogP contribution is -2.52. The van der Waals surface area contributed by atoms with Gasteiger partial charge in [0, 0.05) is 0 Å². The molecule has 0 aliphatic heterocycles. The molecule has 6 nitrogen and oxygen atoms in total. The Kier molecular flexibility index (Phi) is 7.48. The molecule has 0 bridgehead atoms. The third kappa shape index (κ3) is 6.00. The number of sulfonamides is 1. The molecule has 0 saturated heterocycles. The first-order chi connectivity index (χ1) is 13.2. The zero-order chi connectivity index (χ0) is 20.7. The molecule has 7 heteroatoms. The molecule has 2 aromatic rings. The molecule has 2 unspecified atom stereocenters. The van der Waals surface area contributed by atoms with E-state index in [9.17, 15) is 18.0 Å². The third-order valence-corrected chi connectivity index (χ3v) is 5.81. The quantitative estimate of drug-likeness (QED) is 0.629. The minimum Gasteiger partial charge on any atom is -0.345 e. The molecule has 2 aromatic carbocycles. The molecule has 0 fully saturated rings. The Balaban J connectivity index is 2.12. The average molecular weight is 403 g/mol. The number of hydrogen-bond donors (Lipinski definition) is 2. The van der Waals surface area contributed by atoms with Crippen LogP contribution in [0.3, 0.4) is 0 Å². The maximum absolute atomic E-state index is 12.7. The summed E-state index contributed by atoms with van der Waals surface area (Å²) >= 11 is 0. The maximum atomic E-state index is 12.7. The largest absolute Gasteiger partial charge is 0.345 e. The standard InChI is InChI=1S/C21H26N2O4S/c1-15(2)20(23-28(26,27)19-11-9-16(3)10-12-19)21(25)22-18(14-24)13-17-7-5-4-6-8-17/h4-12,14-15,18,20,23H,13H2,1-3H3,(H,22,25). The Morgan fingerprint density at radius 2 is 1.64 bits per heavy atom. The van der Waals surface area contributed by atoms with Crippen molar-refractivity contribution in [2.75, 3.05) is 0 Å². The summed E-state index contributed by atoms with van der Waals surface area (Å²) in [5, 5.41) is 2.65. The van der Waals surface area contributed by atoms with Crippen LogP contribution < -0.4 is 10.0 Å². The Bertz CT molecular complexity index is 894. The van der Waals surface area contributed by atoms with E-state index in [0.717, 1.165) is 11.1 Å². The second-order valence-electron chi connectivity index (χ2n) is 7.10. The van der Waals surface area contributed by atoms with Crippen LogP contribution in [0.5, 0.6) is 0 Å². The fourth-order valence-electron chi connectivity index (χ4n) is 2.72. The number of carbonyl (C=O) groups is 2. The smallest absolute Gasteiger partial charge is 0.241 e. The molecule has 1 amide bonds. The second-order valence-corrected chi connectivity index (χ2v) is 8.81. The summed E-state index contributed by atoms with van der Waals surface area (Å²) in [6, 6.07) is 14.0. The highest BCUT2D eigenvalue weighted by atomic mass is 32.2. The number of hydrogen-bond acceptors (Lipinski definition) is 4. The van der Waals surface area contributed by atoms with Gasteiger partial charge < -0.3 is 10.1 Å². The van der Waals surface area contributed by atoms with Crippen LogP contribution >= 0.6 is 0 Å². The average Bonchev–Trinajstić information content (AvgIpc) is 2.66. The van der Waals surface area contributed by atoms with E-state index in [4.69, 9.17) is 0 Å². The highest BCUT2D eigenvalue weighted by Gasteiger charge is 2.29. The molecule has 0 aliphatic rings. The summed E-state index contributed by atoms with van der Waals surface area (Å²) in [6.07, 6.45) is 1.00. The molecule has 28 heavy (non-hydrogen) atoms. The molecule has 0 radical (unpaired) electrons. The van der Waals surface area contributed by atoms with Crippen LogP contribution in [-0.2, 0) is 26.0 Å². The molecule has 2 N–H and O–H groups in total. The van der Waals surface area contributed by atoms with E-state index in [-0.39, 0.29) is 10.8 Å². The molecule has 0 heterocycles. The zero-order valence-corrected chi connectivity index (χ0v) is 17.1. The van der Waals surface area contributed by atoms with Gasteiger partial charge in [0.1, 0.15) is 12.3 Å². The Hall–Kier alpha value is -2.51. The van der Waals surface area contributed by atoms with Crippen molar-refractivity contribution < 1.29 is 18.0 Å². The van der Waals surface area contributed by atoms with Crippen molar-refractivity contribution >= 4 is 22.2 Å². The van der Waals surface area contributed by atoms with E-state index >= 15 is 0 Å². The number of benzene rings is 2. The molecule has 2 rings (SSSR count). The van der Waals surface area contributed by atoms with Gasteiger partial charge >= 0.3 is 0 Å². The van der Waals surface area contributed by atoms with Crippen LogP contribution in [-0.4, -0.2) is 32.7 Å². The summed E-state index contributed by atoms with van der Waals surface area (Å²) in [7, 11) is -3.87. The van der Waals surface area contributed by atoms with Gasteiger partial charge in [-0.1, -0.05) is 61.9 Å². The first-order valence-corrected chi connectivity index (χ1v) is 10.6. The maximum Gasteiger partial charge on any atom is 0.241 e. The lowest BCUT2D eigenvalue weighted by atomic mass is 10.0. The molecule has 0 aromatic heterocycles. The van der Waals surface area contributed by atoms with Gasteiger partial charge in [0.25, 0.3) is 0 Å². The summed E-state index contributed by atoms with van der Waals surface area (Å²) < 4.78 is 27.8. The van der Waals surface area contributed by atoms with Gasteiger partial charge in [0.05, 0.1) is 10.9 Å². The van der Waals surface area contributed by atoms with E-state index in [1.165, 1.54) is 12.1 Å². The second kappa shape index (κ2) is 9.61. The number of amides is 1. The predicted molar refractivity (Wildman–Crippen MR) is 108 cm³/mol. The van der Waals surface area contributed by atoms with E-state index in [2.05, 4.69) is 10.0 Å². The van der Waals surface area contributed by atoms with Crippen LogP contribution in [0.25, 0.3) is 0 Å². The Morgan fingerprint density at radius 1 is 1.04 bits per heavy atom. The highest BCUT2D eigenvalue weighted by molar-refractivity contribution is 7.89. The predicted octanol–water partition coefficient (Wildman–Crippen LogP) is 2.22. The fourth-order valence-corrected chi connectivity index (χ4v) is 4.06. The van der Waals surface area contributed by atoms with Crippen LogP contribution in [0.4, 0.5) is 0 Å². The van der Waals surface area contributed by atoms with Crippen LogP contribution in [0.1, 0.15) is 25.0 Å². The van der Waals surface area contributed by atoms with Crippen molar-refractivity contribution in [3.63, 3.8) is 0 Å². The minimum atomic E-state index is -3.87. The van der Waals surface area contributed by atoms with Crippen LogP contribution in [0, 0.1) is 12.8 Å². The SMILES string of the molecule is Cc1ccc(S(=O)(=O)NC(C(=O)NC(C=O)Cc2ccccc2)C(C)C)cc1. The summed E-state index contributed by atoms with van der Waals surface area (Å²) in [5.41, 5.74) is 1.84. The van der Waals surface area contributed by atoms with E-state index in [0.29, 0.717) is 12.7 Å². The molecule has 0 spiro atoms. The summed E-state index contributed by atoms with van der Waals surface area (Å²) in [4.78, 5) is 24.2. The van der Waals surface area contributed by atoms with Crippen molar-refractivity contribution in [1.82, 2.24) is 10.0 Å². The van der Waals surface area contributed by atoms with Gasteiger partial charge in [0.15, 0.2) is 0 Å². The molecule has 0 saturated carbocycles. The third-order valence-electron chi connectivity index (χ3n) is 4.35. The van der Waals surface area contributed by atoms with Crippen molar-refractivity contribution in [2.45, 2.75) is 44.2 Å². The number of carbonyl (C=O) groups excluding carboxylic acids is 2. The molecular weight excluding hydrogens is 376 g/mol. The van der Waals surface area contributed by atoms with E-state index < -0.39 is 28.0 Å². The van der Waals surface area contributed by atoms with Gasteiger partial charge in [-0.15, -0.1) is 0 Å². The summed E-state index contributed by atoms with van der Waals surface area (Å²) in [6.45, 7) is 5.35. The first-order valence-electron chi connectivity index (χ1n) is 9.11. The van der Waals surface area contributed by atoms with Crippen molar-refractivity contribution in [2.24, 2.45) is 5.92 Å². The minimum absolute atomic E-state index is 0.0905. The number of nitrogens with one attached hydrogen (secondary N) is 2. The molecular formula is C21H26N2O4S. The van der Waals surface area contributed by atoms with Crippen LogP contribution in [0.2, 0.25) is 0 Å². The monoisotopic (exact) mass is 402 g/mol. The molecule has 150 valence electrons. The summed E-state index contributed by atoms with van der Waals surface area (Å²) in [5.74, 6) is -0.831. The van der Waals surface area contributed by atoms with Gasteiger partial charge in [0.2, 0.25) is 15.9 Å². The van der Waals surface area contributed by atoms with E-state index in [1.54, 1.807) is 26.0 Å². The van der Waals surface area contributed by atoms with Gasteiger partial charge in [-0.2, -0.15) is 4.72 Å². The topological polar surface area (TPSA) is 92.3 Å². The van der Waals surface area contributed by atoms with Crippen molar-refractivity contribution in [3.8, 4) is 0 Å². The highest BCUT2D eigenvalue weighted by Crippen LogP contribution is 2.13. The molecule has 0 aliphatic carbocycles. The normalized spacial score (nSPS) is 13.7. The van der Waals surface area contributed by atoms with Crippen molar-refractivity contribution in [3.05, 3.63) is 65.7 Å². The van der Waals surface area contributed by atoms with Gasteiger partial charge in [-0.25, -0.2) is 8.42 Å². The van der Waals surface area contributed by atoms with Gasteiger partial charge in [-0.3, -0.25) is 4.79 Å². The van der Waals surface area contributed by atoms with E-state index in [1.807, 2.05) is 37.3 Å². The van der Waals surface area contributed by atoms with Crippen molar-refractivity contribution in [1.29, 1.82) is 0 Å². The van der Waals surface area contributed by atoms with Gasteiger partial charge in [-0.05, 0) is 37.0 Å². The number of aldehydes is 1. The van der Waals surface area contributed by atoms with Crippen LogP contribution in [0.15, 0.2) is 59.5 Å². The lowest BCUT2D eigenvalue weighted by Gasteiger charge is -2.23. The number of rotatable bonds is 9. The Morgan fingerprint density at radius 3 is 2.18 bits per heavy atom.